The van der Waals surface area contributed by atoms with Crippen molar-refractivity contribution in [2.24, 2.45) is 0 Å². The van der Waals surface area contributed by atoms with Crippen molar-refractivity contribution in [3.8, 4) is 0 Å². The summed E-state index contributed by atoms with van der Waals surface area (Å²) >= 11 is 5.92. The van der Waals surface area contributed by atoms with Crippen LogP contribution in [0.25, 0.3) is 0 Å². The van der Waals surface area contributed by atoms with Crippen molar-refractivity contribution in [1.82, 2.24) is 5.32 Å². The van der Waals surface area contributed by atoms with Crippen LogP contribution in [-0.2, 0) is 4.79 Å². The number of aliphatic hydroxyl groups is 1. The molecule has 0 spiro atoms. The number of aliphatic hydroxyl groups excluding tert-OH is 1. The number of nitrogens with one attached hydrogen (secondary N) is 1. The van der Waals surface area contributed by atoms with Crippen LogP contribution < -0.4 is 5.32 Å². The zero-order valence-corrected chi connectivity index (χ0v) is 9.86. The van der Waals surface area contributed by atoms with Crippen LogP contribution in [0.4, 0.5) is 0 Å². The molecule has 3 N–H and O–H groups in total. The molecule has 1 unspecified atom stereocenters. The lowest BCUT2D eigenvalue weighted by molar-refractivity contribution is -0.140. The predicted molar refractivity (Wildman–Crippen MR) is 62.2 cm³/mol. The SMILES string of the molecule is Cc1cccc(C(=O)NC(CO)C(=O)O)c1Cl. The maximum Gasteiger partial charge on any atom is 0.328 e. The van der Waals surface area contributed by atoms with E-state index in [-0.39, 0.29) is 10.6 Å². The quantitative estimate of drug-likeness (QED) is 0.745. The van der Waals surface area contributed by atoms with Crippen LogP contribution in [0.15, 0.2) is 18.2 Å². The summed E-state index contributed by atoms with van der Waals surface area (Å²) < 4.78 is 0. The zero-order chi connectivity index (χ0) is 13.0. The highest BCUT2D eigenvalue weighted by atomic mass is 35.5. The molecule has 6 heteroatoms. The fourth-order valence-corrected chi connectivity index (χ4v) is 1.46. The molecule has 1 aromatic carbocycles. The summed E-state index contributed by atoms with van der Waals surface area (Å²) in [6, 6.07) is 3.53. The fourth-order valence-electron chi connectivity index (χ4n) is 1.24. The first-order valence-corrected chi connectivity index (χ1v) is 5.24. The van der Waals surface area contributed by atoms with Gasteiger partial charge in [-0.3, -0.25) is 4.79 Å². The molecule has 0 aliphatic heterocycles. The molecule has 1 amide bonds. The second-order valence-electron chi connectivity index (χ2n) is 3.48. The number of hydrogen-bond acceptors (Lipinski definition) is 3. The van der Waals surface area contributed by atoms with E-state index in [4.69, 9.17) is 21.8 Å². The normalized spacial score (nSPS) is 11.9. The summed E-state index contributed by atoms with van der Waals surface area (Å²) in [4.78, 5) is 22.4. The summed E-state index contributed by atoms with van der Waals surface area (Å²) in [5.74, 6) is -1.93. The third-order valence-corrected chi connectivity index (χ3v) is 2.72. The van der Waals surface area contributed by atoms with Gasteiger partial charge in [-0.25, -0.2) is 4.79 Å². The topological polar surface area (TPSA) is 86.6 Å². The van der Waals surface area contributed by atoms with Gasteiger partial charge in [0, 0.05) is 0 Å². The van der Waals surface area contributed by atoms with Crippen LogP contribution >= 0.6 is 11.6 Å². The van der Waals surface area contributed by atoms with Crippen LogP contribution in [0.1, 0.15) is 15.9 Å². The summed E-state index contributed by atoms with van der Waals surface area (Å²) in [5.41, 5.74) is 0.904. The summed E-state index contributed by atoms with van der Waals surface area (Å²) in [6.45, 7) is 1.06. The molecule has 0 saturated heterocycles. The molecule has 0 aromatic heterocycles. The molecule has 1 rings (SSSR count). The largest absolute Gasteiger partial charge is 0.480 e. The lowest BCUT2D eigenvalue weighted by Crippen LogP contribution is -2.43. The molecule has 92 valence electrons. The zero-order valence-electron chi connectivity index (χ0n) is 9.11. The number of rotatable bonds is 4. The van der Waals surface area contributed by atoms with Gasteiger partial charge in [-0.1, -0.05) is 23.7 Å². The molecule has 0 saturated carbocycles. The molecule has 0 aliphatic carbocycles. The van der Waals surface area contributed by atoms with Crippen molar-refractivity contribution in [2.75, 3.05) is 6.61 Å². The first-order chi connectivity index (χ1) is 7.97. The second kappa shape index (κ2) is 5.65. The summed E-state index contributed by atoms with van der Waals surface area (Å²) in [5, 5.41) is 19.9. The third-order valence-electron chi connectivity index (χ3n) is 2.22. The second-order valence-corrected chi connectivity index (χ2v) is 3.86. The fraction of sp³-hybridized carbons (Fsp3) is 0.273. The molecule has 0 radical (unpaired) electrons. The standard InChI is InChI=1S/C11H12ClNO4/c1-6-3-2-4-7(9(6)12)10(15)13-8(5-14)11(16)17/h2-4,8,14H,5H2,1H3,(H,13,15)(H,16,17). The van der Waals surface area contributed by atoms with Crippen LogP contribution in [0, 0.1) is 6.92 Å². The highest BCUT2D eigenvalue weighted by molar-refractivity contribution is 6.34. The van der Waals surface area contributed by atoms with Crippen molar-refractivity contribution in [3.63, 3.8) is 0 Å². The van der Waals surface area contributed by atoms with Crippen LogP contribution in [0.3, 0.4) is 0 Å². The van der Waals surface area contributed by atoms with Crippen LogP contribution in [-0.4, -0.2) is 34.7 Å². The van der Waals surface area contributed by atoms with Gasteiger partial charge in [-0.05, 0) is 18.6 Å². The molecular weight excluding hydrogens is 246 g/mol. The van der Waals surface area contributed by atoms with Gasteiger partial charge in [0.25, 0.3) is 5.91 Å². The minimum Gasteiger partial charge on any atom is -0.480 e. The molecule has 1 aromatic rings. The van der Waals surface area contributed by atoms with Gasteiger partial charge in [0.2, 0.25) is 0 Å². The minimum absolute atomic E-state index is 0.186. The van der Waals surface area contributed by atoms with Crippen molar-refractivity contribution >= 4 is 23.5 Å². The van der Waals surface area contributed by atoms with E-state index in [1.54, 1.807) is 19.1 Å². The van der Waals surface area contributed by atoms with E-state index in [0.717, 1.165) is 5.56 Å². The van der Waals surface area contributed by atoms with Gasteiger partial charge in [0.05, 0.1) is 17.2 Å². The number of amides is 1. The van der Waals surface area contributed by atoms with E-state index >= 15 is 0 Å². The molecule has 0 bridgehead atoms. The van der Waals surface area contributed by atoms with Gasteiger partial charge in [-0.2, -0.15) is 0 Å². The predicted octanol–water partition coefficient (Wildman–Crippen LogP) is 0.824. The number of carbonyl (C=O) groups is 2. The number of carbonyl (C=O) groups excluding carboxylic acids is 1. The van der Waals surface area contributed by atoms with Crippen molar-refractivity contribution in [3.05, 3.63) is 34.3 Å². The molecule has 1 atom stereocenters. The molecule has 0 heterocycles. The Morgan fingerprint density at radius 1 is 1.47 bits per heavy atom. The van der Waals surface area contributed by atoms with E-state index in [0.29, 0.717) is 0 Å². The van der Waals surface area contributed by atoms with Gasteiger partial charge in [-0.15, -0.1) is 0 Å². The Hall–Kier alpha value is -1.59. The maximum absolute atomic E-state index is 11.7. The Bertz CT molecular complexity index is 447. The van der Waals surface area contributed by atoms with E-state index in [9.17, 15) is 9.59 Å². The Labute approximate surface area is 103 Å². The highest BCUT2D eigenvalue weighted by Crippen LogP contribution is 2.20. The average Bonchev–Trinajstić information content (AvgIpc) is 2.28. The minimum atomic E-state index is -1.33. The monoisotopic (exact) mass is 257 g/mol. The Morgan fingerprint density at radius 2 is 2.12 bits per heavy atom. The van der Waals surface area contributed by atoms with E-state index in [2.05, 4.69) is 5.32 Å². The number of benzene rings is 1. The van der Waals surface area contributed by atoms with Gasteiger partial charge < -0.3 is 15.5 Å². The first-order valence-electron chi connectivity index (χ1n) is 4.87. The maximum atomic E-state index is 11.7. The Kier molecular flexibility index (Phi) is 4.48. The van der Waals surface area contributed by atoms with Gasteiger partial charge in [0.15, 0.2) is 6.04 Å². The van der Waals surface area contributed by atoms with Crippen molar-refractivity contribution in [2.45, 2.75) is 13.0 Å². The number of aliphatic carboxylic acids is 1. The smallest absolute Gasteiger partial charge is 0.328 e. The lowest BCUT2D eigenvalue weighted by Gasteiger charge is -2.12. The number of hydrogen-bond donors (Lipinski definition) is 3. The molecular formula is C11H12ClNO4. The molecule has 5 nitrogen and oxygen atoms in total. The number of carboxylic acid groups (broad SMARTS) is 1. The van der Waals surface area contributed by atoms with E-state index in [1.165, 1.54) is 6.07 Å². The highest BCUT2D eigenvalue weighted by Gasteiger charge is 2.21. The van der Waals surface area contributed by atoms with Crippen LogP contribution in [0.5, 0.6) is 0 Å². The van der Waals surface area contributed by atoms with Crippen LogP contribution in [0.2, 0.25) is 5.02 Å². The summed E-state index contributed by atoms with van der Waals surface area (Å²) in [6.07, 6.45) is 0. The molecule has 0 fully saturated rings. The molecule has 0 aliphatic rings. The lowest BCUT2D eigenvalue weighted by atomic mass is 10.1. The third kappa shape index (κ3) is 3.18. The van der Waals surface area contributed by atoms with Gasteiger partial charge in [0.1, 0.15) is 0 Å². The number of carboxylic acids is 1. The Morgan fingerprint density at radius 3 is 2.65 bits per heavy atom. The Balaban J connectivity index is 2.90. The van der Waals surface area contributed by atoms with E-state index in [1.807, 2.05) is 0 Å². The first kappa shape index (κ1) is 13.5. The van der Waals surface area contributed by atoms with Crippen molar-refractivity contribution < 1.29 is 19.8 Å². The number of aryl methyl sites for hydroxylation is 1. The van der Waals surface area contributed by atoms with Crippen molar-refractivity contribution in [1.29, 1.82) is 0 Å². The summed E-state index contributed by atoms with van der Waals surface area (Å²) in [7, 11) is 0. The van der Waals surface area contributed by atoms with E-state index < -0.39 is 24.5 Å². The van der Waals surface area contributed by atoms with Gasteiger partial charge >= 0.3 is 5.97 Å². The number of halogens is 1. The molecule has 17 heavy (non-hydrogen) atoms. The average molecular weight is 258 g/mol.